The molecule has 0 aliphatic rings. The van der Waals surface area contributed by atoms with Gasteiger partial charge in [0.05, 0.1) is 0 Å². The van der Waals surface area contributed by atoms with E-state index in [1.165, 1.54) is 0 Å². The predicted octanol–water partition coefficient (Wildman–Crippen LogP) is 3.69. The average molecular weight is 204 g/mol. The molecule has 0 aliphatic carbocycles. The molecule has 0 bridgehead atoms. The van der Waals surface area contributed by atoms with Gasteiger partial charge in [-0.3, -0.25) is 0 Å². The molecule has 12 heavy (non-hydrogen) atoms. The first-order valence-electron chi connectivity index (χ1n) is 3.73. The van der Waals surface area contributed by atoms with Crippen LogP contribution in [0.1, 0.15) is 26.5 Å². The van der Waals surface area contributed by atoms with Crippen LogP contribution in [0.5, 0.6) is 0 Å². The molecule has 0 N–H and O–H groups in total. The van der Waals surface area contributed by atoms with E-state index in [2.05, 4.69) is 25.8 Å². The first-order valence-corrected chi connectivity index (χ1v) is 4.49. The van der Waals surface area contributed by atoms with Crippen LogP contribution in [0, 0.1) is 0 Å². The number of pyridine rings is 1. The largest absolute Gasteiger partial charge is 0.240 e. The Labute approximate surface area is 82.7 Å². The second kappa shape index (κ2) is 3.23. The molecule has 1 aromatic heterocycles. The van der Waals surface area contributed by atoms with Crippen molar-refractivity contribution < 1.29 is 0 Å². The molecule has 0 aliphatic heterocycles. The summed E-state index contributed by atoms with van der Waals surface area (Å²) in [6.45, 7) is 6.21. The molecule has 0 amide bonds. The lowest BCUT2D eigenvalue weighted by molar-refractivity contribution is 0.569. The first kappa shape index (κ1) is 9.82. The van der Waals surface area contributed by atoms with Crippen molar-refractivity contribution in [2.45, 2.75) is 26.2 Å². The van der Waals surface area contributed by atoms with Gasteiger partial charge in [-0.25, -0.2) is 4.98 Å². The van der Waals surface area contributed by atoms with E-state index in [0.717, 1.165) is 5.69 Å². The Kier molecular flexibility index (Phi) is 2.64. The van der Waals surface area contributed by atoms with E-state index in [9.17, 15) is 0 Å². The third-order valence-corrected chi connectivity index (χ3v) is 1.94. The summed E-state index contributed by atoms with van der Waals surface area (Å²) in [5, 5.41) is 1.09. The van der Waals surface area contributed by atoms with Crippen molar-refractivity contribution in [2.75, 3.05) is 0 Å². The lowest BCUT2D eigenvalue weighted by atomic mass is 9.92. The second-order valence-corrected chi connectivity index (χ2v) is 4.57. The molecular formula is C9H11Cl2N. The quantitative estimate of drug-likeness (QED) is 0.587. The smallest absolute Gasteiger partial charge is 0.130 e. The van der Waals surface area contributed by atoms with Gasteiger partial charge in [0.2, 0.25) is 0 Å². The van der Waals surface area contributed by atoms with Gasteiger partial charge in [0.1, 0.15) is 5.15 Å². The number of hydrogen-bond acceptors (Lipinski definition) is 1. The summed E-state index contributed by atoms with van der Waals surface area (Å²) >= 11 is 11.6. The molecule has 0 radical (unpaired) electrons. The van der Waals surface area contributed by atoms with Gasteiger partial charge in [-0.2, -0.15) is 0 Å². The van der Waals surface area contributed by atoms with Crippen LogP contribution in [0.3, 0.4) is 0 Å². The molecule has 0 unspecified atom stereocenters. The molecule has 3 heteroatoms. The molecule has 0 aromatic carbocycles. The first-order chi connectivity index (χ1) is 5.39. The summed E-state index contributed by atoms with van der Waals surface area (Å²) in [7, 11) is 0. The maximum absolute atomic E-state index is 5.83. The van der Waals surface area contributed by atoms with Crippen LogP contribution in [0.25, 0.3) is 0 Å². The molecule has 0 fully saturated rings. The maximum Gasteiger partial charge on any atom is 0.130 e. The molecule has 1 rings (SSSR count). The molecule has 1 heterocycles. The van der Waals surface area contributed by atoms with Gasteiger partial charge in [0.15, 0.2) is 0 Å². The molecule has 0 spiro atoms. The fourth-order valence-electron chi connectivity index (χ4n) is 0.850. The highest BCUT2D eigenvalue weighted by molar-refractivity contribution is 6.33. The van der Waals surface area contributed by atoms with Crippen LogP contribution in [0.4, 0.5) is 0 Å². The van der Waals surface area contributed by atoms with Crippen molar-refractivity contribution in [1.82, 2.24) is 4.98 Å². The molecule has 1 aromatic rings. The average Bonchev–Trinajstić information content (AvgIpc) is 1.82. The van der Waals surface area contributed by atoms with Gasteiger partial charge in [-0.1, -0.05) is 44.0 Å². The van der Waals surface area contributed by atoms with E-state index in [0.29, 0.717) is 10.2 Å². The fraction of sp³-hybridized carbons (Fsp3) is 0.444. The highest BCUT2D eigenvalue weighted by atomic mass is 35.5. The summed E-state index contributed by atoms with van der Waals surface area (Å²) in [5.41, 5.74) is 0.911. The standard InChI is InChI=1S/C9H11Cl2N/c1-9(2,3)7-4-6(10)5-8(11)12-7/h4-5H,1-3H3. The summed E-state index contributed by atoms with van der Waals surface area (Å²) in [4.78, 5) is 4.19. The summed E-state index contributed by atoms with van der Waals surface area (Å²) in [6.07, 6.45) is 0. The number of nitrogens with zero attached hydrogens (tertiary/aromatic N) is 1. The zero-order valence-corrected chi connectivity index (χ0v) is 8.87. The molecule has 0 saturated heterocycles. The van der Waals surface area contributed by atoms with E-state index in [1.807, 2.05) is 6.07 Å². The van der Waals surface area contributed by atoms with Crippen LogP contribution in [0.2, 0.25) is 10.2 Å². The van der Waals surface area contributed by atoms with E-state index >= 15 is 0 Å². The zero-order valence-electron chi connectivity index (χ0n) is 7.36. The van der Waals surface area contributed by atoms with Crippen molar-refractivity contribution in [2.24, 2.45) is 0 Å². The minimum atomic E-state index is -0.00542. The Balaban J connectivity index is 3.18. The Hall–Kier alpha value is -0.270. The lowest BCUT2D eigenvalue weighted by Crippen LogP contribution is -2.13. The van der Waals surface area contributed by atoms with Crippen LogP contribution >= 0.6 is 23.2 Å². The molecular weight excluding hydrogens is 193 g/mol. The second-order valence-electron chi connectivity index (χ2n) is 3.74. The van der Waals surface area contributed by atoms with Crippen molar-refractivity contribution >= 4 is 23.2 Å². The van der Waals surface area contributed by atoms with E-state index in [1.54, 1.807) is 6.07 Å². The molecule has 0 atom stereocenters. The van der Waals surface area contributed by atoms with Gasteiger partial charge in [0.25, 0.3) is 0 Å². The van der Waals surface area contributed by atoms with Crippen molar-refractivity contribution in [1.29, 1.82) is 0 Å². The van der Waals surface area contributed by atoms with Crippen LogP contribution in [-0.2, 0) is 5.41 Å². The Bertz CT molecular complexity index is 269. The lowest BCUT2D eigenvalue weighted by Gasteiger charge is -2.17. The Morgan fingerprint density at radius 2 is 1.75 bits per heavy atom. The number of rotatable bonds is 0. The zero-order chi connectivity index (χ0) is 9.35. The monoisotopic (exact) mass is 203 g/mol. The van der Waals surface area contributed by atoms with Gasteiger partial charge >= 0.3 is 0 Å². The van der Waals surface area contributed by atoms with Gasteiger partial charge in [-0.15, -0.1) is 0 Å². The summed E-state index contributed by atoms with van der Waals surface area (Å²) in [6, 6.07) is 3.48. The van der Waals surface area contributed by atoms with Gasteiger partial charge < -0.3 is 0 Å². The van der Waals surface area contributed by atoms with Crippen LogP contribution in [0.15, 0.2) is 12.1 Å². The van der Waals surface area contributed by atoms with Crippen LogP contribution < -0.4 is 0 Å². The maximum atomic E-state index is 5.83. The minimum absolute atomic E-state index is 0.00542. The van der Waals surface area contributed by atoms with Gasteiger partial charge in [0, 0.05) is 16.1 Å². The summed E-state index contributed by atoms with van der Waals surface area (Å²) < 4.78 is 0. The molecule has 1 nitrogen and oxygen atoms in total. The Morgan fingerprint density at radius 3 is 2.17 bits per heavy atom. The third kappa shape index (κ3) is 2.36. The van der Waals surface area contributed by atoms with Gasteiger partial charge in [-0.05, 0) is 12.1 Å². The van der Waals surface area contributed by atoms with E-state index < -0.39 is 0 Å². The van der Waals surface area contributed by atoms with Crippen molar-refractivity contribution in [3.8, 4) is 0 Å². The predicted molar refractivity (Wildman–Crippen MR) is 53.0 cm³/mol. The normalized spacial score (nSPS) is 11.8. The summed E-state index contributed by atoms with van der Waals surface area (Å²) in [5.74, 6) is 0. The minimum Gasteiger partial charge on any atom is -0.240 e. The van der Waals surface area contributed by atoms with Crippen molar-refractivity contribution in [3.63, 3.8) is 0 Å². The van der Waals surface area contributed by atoms with E-state index in [-0.39, 0.29) is 5.41 Å². The molecule has 66 valence electrons. The third-order valence-electron chi connectivity index (χ3n) is 1.53. The Morgan fingerprint density at radius 1 is 1.17 bits per heavy atom. The SMILES string of the molecule is CC(C)(C)c1cc(Cl)cc(Cl)n1. The highest BCUT2D eigenvalue weighted by Crippen LogP contribution is 2.25. The number of halogens is 2. The topological polar surface area (TPSA) is 12.9 Å². The number of aromatic nitrogens is 1. The van der Waals surface area contributed by atoms with Crippen molar-refractivity contribution in [3.05, 3.63) is 28.0 Å². The molecule has 0 saturated carbocycles. The van der Waals surface area contributed by atoms with E-state index in [4.69, 9.17) is 23.2 Å². The fourth-order valence-corrected chi connectivity index (χ4v) is 1.32. The number of hydrogen-bond donors (Lipinski definition) is 0. The van der Waals surface area contributed by atoms with Crippen LogP contribution in [-0.4, -0.2) is 4.98 Å². The highest BCUT2D eigenvalue weighted by Gasteiger charge is 2.16.